The lowest BCUT2D eigenvalue weighted by atomic mass is 10.2. The molecule has 0 unspecified atom stereocenters. The van der Waals surface area contributed by atoms with E-state index in [9.17, 15) is 4.79 Å². The molecule has 7 heteroatoms. The number of carbonyl (C=O) groups is 1. The molecular formula is C11H16N6O. The number of nitrogens with one attached hydrogen (secondary N) is 1. The van der Waals surface area contributed by atoms with Crippen molar-refractivity contribution < 1.29 is 4.79 Å². The second-order valence-electron chi connectivity index (χ2n) is 3.93. The highest BCUT2D eigenvalue weighted by atomic mass is 16.2. The highest BCUT2D eigenvalue weighted by Gasteiger charge is 2.20. The van der Waals surface area contributed by atoms with E-state index in [1.165, 1.54) is 12.4 Å². The predicted octanol–water partition coefficient (Wildman–Crippen LogP) is 0.526. The van der Waals surface area contributed by atoms with Gasteiger partial charge in [-0.15, -0.1) is 0 Å². The minimum Gasteiger partial charge on any atom is -0.334 e. The monoisotopic (exact) mass is 248 g/mol. The van der Waals surface area contributed by atoms with E-state index in [0.29, 0.717) is 12.4 Å². The van der Waals surface area contributed by atoms with Crippen molar-refractivity contribution in [3.8, 4) is 6.07 Å². The average molecular weight is 248 g/mol. The largest absolute Gasteiger partial charge is 0.334 e. The number of nitriles is 1. The van der Waals surface area contributed by atoms with Crippen LogP contribution in [0.4, 0.5) is 5.82 Å². The summed E-state index contributed by atoms with van der Waals surface area (Å²) in [5, 5.41) is 8.59. The van der Waals surface area contributed by atoms with Gasteiger partial charge in [-0.25, -0.2) is 10.8 Å². The van der Waals surface area contributed by atoms with Crippen LogP contribution in [-0.2, 0) is 0 Å². The zero-order chi connectivity index (χ0) is 13.5. The van der Waals surface area contributed by atoms with Crippen molar-refractivity contribution in [1.82, 2.24) is 14.9 Å². The average Bonchev–Trinajstić information content (AvgIpc) is 2.38. The molecule has 0 aliphatic heterocycles. The maximum Gasteiger partial charge on any atom is 0.274 e. The minimum atomic E-state index is -0.259. The van der Waals surface area contributed by atoms with Crippen LogP contribution in [0.25, 0.3) is 0 Å². The number of nitrogens with two attached hydrogens (primary N) is 1. The number of carbonyl (C=O) groups excluding carboxylic acids is 1. The predicted molar refractivity (Wildman–Crippen MR) is 66.2 cm³/mol. The molecule has 1 rings (SSSR count). The molecule has 0 saturated heterocycles. The Morgan fingerprint density at radius 1 is 1.61 bits per heavy atom. The van der Waals surface area contributed by atoms with Crippen LogP contribution in [0.3, 0.4) is 0 Å². The molecule has 1 heterocycles. The molecule has 0 bridgehead atoms. The highest BCUT2D eigenvalue weighted by Crippen LogP contribution is 2.08. The van der Waals surface area contributed by atoms with Gasteiger partial charge < -0.3 is 10.3 Å². The van der Waals surface area contributed by atoms with Crippen LogP contribution in [-0.4, -0.2) is 33.4 Å². The van der Waals surface area contributed by atoms with E-state index >= 15 is 0 Å². The van der Waals surface area contributed by atoms with Gasteiger partial charge in [-0.3, -0.25) is 9.78 Å². The van der Waals surface area contributed by atoms with E-state index < -0.39 is 0 Å². The fourth-order valence-electron chi connectivity index (χ4n) is 1.45. The summed E-state index contributed by atoms with van der Waals surface area (Å²) in [4.78, 5) is 21.7. The smallest absolute Gasteiger partial charge is 0.274 e. The van der Waals surface area contributed by atoms with Crippen molar-refractivity contribution in [3.63, 3.8) is 0 Å². The van der Waals surface area contributed by atoms with Crippen LogP contribution in [0.2, 0.25) is 0 Å². The third kappa shape index (κ3) is 3.40. The Morgan fingerprint density at radius 2 is 2.33 bits per heavy atom. The SMILES string of the molecule is CC(C)N(CCC#N)C(=O)c1cncc(NN)n1. The Morgan fingerprint density at radius 3 is 2.89 bits per heavy atom. The summed E-state index contributed by atoms with van der Waals surface area (Å²) in [6.45, 7) is 4.14. The molecule has 0 aromatic carbocycles. The third-order valence-electron chi connectivity index (χ3n) is 2.35. The van der Waals surface area contributed by atoms with Crippen LogP contribution >= 0.6 is 0 Å². The first kappa shape index (κ1) is 13.9. The number of hydrazine groups is 1. The van der Waals surface area contributed by atoms with E-state index in [-0.39, 0.29) is 24.1 Å². The molecule has 0 spiro atoms. The molecule has 0 atom stereocenters. The lowest BCUT2D eigenvalue weighted by Gasteiger charge is -2.25. The van der Waals surface area contributed by atoms with Gasteiger partial charge in [0.25, 0.3) is 5.91 Å². The molecule has 0 saturated carbocycles. The van der Waals surface area contributed by atoms with Crippen molar-refractivity contribution in [2.45, 2.75) is 26.3 Å². The Balaban J connectivity index is 2.91. The number of anilines is 1. The first-order valence-electron chi connectivity index (χ1n) is 5.56. The van der Waals surface area contributed by atoms with Gasteiger partial charge in [0.1, 0.15) is 5.69 Å². The Labute approximate surface area is 106 Å². The Bertz CT molecular complexity index is 453. The first-order chi connectivity index (χ1) is 8.60. The minimum absolute atomic E-state index is 0.0119. The van der Waals surface area contributed by atoms with E-state index in [1.54, 1.807) is 4.90 Å². The number of hydrogen-bond acceptors (Lipinski definition) is 6. The first-order valence-corrected chi connectivity index (χ1v) is 5.56. The molecule has 1 aromatic heterocycles. The summed E-state index contributed by atoms with van der Waals surface area (Å²) >= 11 is 0. The quantitative estimate of drug-likeness (QED) is 0.581. The van der Waals surface area contributed by atoms with Gasteiger partial charge in [-0.2, -0.15) is 5.26 Å². The van der Waals surface area contributed by atoms with Gasteiger partial charge in [0.15, 0.2) is 5.82 Å². The summed E-state index contributed by atoms with van der Waals surface area (Å²) in [6.07, 6.45) is 3.09. The highest BCUT2D eigenvalue weighted by molar-refractivity contribution is 5.92. The maximum atomic E-state index is 12.2. The Kier molecular flexibility index (Phi) is 5.02. The van der Waals surface area contributed by atoms with Crippen molar-refractivity contribution in [1.29, 1.82) is 5.26 Å². The standard InChI is InChI=1S/C11H16N6O/c1-8(2)17(5-3-4-12)11(18)9-6-14-7-10(15-9)16-13/h6-8H,3,5,13H2,1-2H3,(H,15,16). The molecule has 0 aliphatic rings. The summed E-state index contributed by atoms with van der Waals surface area (Å²) in [5.41, 5.74) is 2.54. The zero-order valence-electron chi connectivity index (χ0n) is 10.4. The summed E-state index contributed by atoms with van der Waals surface area (Å²) in [7, 11) is 0. The number of nitrogens with zero attached hydrogens (tertiary/aromatic N) is 4. The van der Waals surface area contributed by atoms with Gasteiger partial charge in [-0.1, -0.05) is 0 Å². The summed E-state index contributed by atoms with van der Waals surface area (Å²) in [6, 6.07) is 2.01. The van der Waals surface area contributed by atoms with E-state index in [0.717, 1.165) is 0 Å². The number of amides is 1. The molecule has 3 N–H and O–H groups in total. The number of rotatable bonds is 5. The topological polar surface area (TPSA) is 108 Å². The van der Waals surface area contributed by atoms with Crippen LogP contribution in [0, 0.1) is 11.3 Å². The zero-order valence-corrected chi connectivity index (χ0v) is 10.4. The lowest BCUT2D eigenvalue weighted by molar-refractivity contribution is 0.0704. The fraction of sp³-hybridized carbons (Fsp3) is 0.455. The fourth-order valence-corrected chi connectivity index (χ4v) is 1.45. The third-order valence-corrected chi connectivity index (χ3v) is 2.35. The van der Waals surface area contributed by atoms with E-state index in [4.69, 9.17) is 11.1 Å². The van der Waals surface area contributed by atoms with Crippen LogP contribution in [0.5, 0.6) is 0 Å². The molecule has 0 aliphatic carbocycles. The van der Waals surface area contributed by atoms with Gasteiger partial charge in [0.05, 0.1) is 24.9 Å². The molecule has 1 amide bonds. The normalized spacial score (nSPS) is 9.94. The van der Waals surface area contributed by atoms with E-state index in [2.05, 4.69) is 15.4 Å². The number of hydrogen-bond donors (Lipinski definition) is 2. The van der Waals surface area contributed by atoms with Crippen LogP contribution in [0.15, 0.2) is 12.4 Å². The molecule has 18 heavy (non-hydrogen) atoms. The molecule has 0 radical (unpaired) electrons. The molecular weight excluding hydrogens is 232 g/mol. The molecule has 96 valence electrons. The number of nitrogen functional groups attached to an aromatic ring is 1. The van der Waals surface area contributed by atoms with Gasteiger partial charge in [-0.05, 0) is 13.8 Å². The number of aromatic nitrogens is 2. The molecule has 1 aromatic rings. The van der Waals surface area contributed by atoms with Crippen molar-refractivity contribution in [3.05, 3.63) is 18.1 Å². The summed E-state index contributed by atoms with van der Waals surface area (Å²) in [5.74, 6) is 5.28. The van der Waals surface area contributed by atoms with E-state index in [1.807, 2.05) is 19.9 Å². The van der Waals surface area contributed by atoms with Crippen molar-refractivity contribution in [2.75, 3.05) is 12.0 Å². The Hall–Kier alpha value is -2.20. The van der Waals surface area contributed by atoms with Crippen molar-refractivity contribution in [2.24, 2.45) is 5.84 Å². The second-order valence-corrected chi connectivity index (χ2v) is 3.93. The second kappa shape index (κ2) is 6.51. The summed E-state index contributed by atoms with van der Waals surface area (Å²) < 4.78 is 0. The molecule has 7 nitrogen and oxygen atoms in total. The van der Waals surface area contributed by atoms with Crippen molar-refractivity contribution >= 4 is 11.7 Å². The molecule has 0 fully saturated rings. The van der Waals surface area contributed by atoms with Crippen LogP contribution < -0.4 is 11.3 Å². The lowest BCUT2D eigenvalue weighted by Crippen LogP contribution is -2.38. The maximum absolute atomic E-state index is 12.2. The van der Waals surface area contributed by atoms with Gasteiger partial charge in [0.2, 0.25) is 0 Å². The van der Waals surface area contributed by atoms with Crippen LogP contribution in [0.1, 0.15) is 30.8 Å². The van der Waals surface area contributed by atoms with Gasteiger partial charge >= 0.3 is 0 Å². The van der Waals surface area contributed by atoms with Gasteiger partial charge in [0, 0.05) is 12.6 Å².